The molecule has 0 radical (unpaired) electrons. The standard InChI is InChI=1S/C20H22F2N6OS/c21-17(22)10-28-12-23-16-9-14(3-4-15(16)20(28)29)27-7-5-26(6-8-27)11-18-24-25-19(30-18)13-1-2-13/h3-4,9,12-13,17H,1-2,5-8,10-11H2. The monoisotopic (exact) mass is 432 g/mol. The maximum atomic E-state index is 12.6. The average molecular weight is 433 g/mol. The van der Waals surface area contributed by atoms with Gasteiger partial charge < -0.3 is 4.90 Å². The van der Waals surface area contributed by atoms with E-state index in [1.54, 1.807) is 17.4 Å². The number of benzene rings is 1. The maximum absolute atomic E-state index is 12.6. The van der Waals surface area contributed by atoms with E-state index in [0.717, 1.165) is 48.0 Å². The third-order valence-corrected chi connectivity index (χ3v) is 6.72. The lowest BCUT2D eigenvalue weighted by molar-refractivity contribution is 0.125. The molecule has 0 amide bonds. The van der Waals surface area contributed by atoms with Gasteiger partial charge in [-0.2, -0.15) is 0 Å². The van der Waals surface area contributed by atoms with Gasteiger partial charge >= 0.3 is 0 Å². The molecule has 2 fully saturated rings. The van der Waals surface area contributed by atoms with Crippen LogP contribution in [0.15, 0.2) is 29.3 Å². The molecule has 5 rings (SSSR count). The number of fused-ring (bicyclic) bond motifs is 1. The Labute approximate surface area is 176 Å². The van der Waals surface area contributed by atoms with Gasteiger partial charge in [0, 0.05) is 37.8 Å². The summed E-state index contributed by atoms with van der Waals surface area (Å²) < 4.78 is 26.2. The van der Waals surface area contributed by atoms with Crippen molar-refractivity contribution in [3.05, 3.63) is 44.9 Å². The first-order valence-corrected chi connectivity index (χ1v) is 11.0. The van der Waals surface area contributed by atoms with Gasteiger partial charge in [0.1, 0.15) is 10.0 Å². The number of rotatable bonds is 6. The fraction of sp³-hybridized carbons (Fsp3) is 0.500. The Morgan fingerprint density at radius 3 is 2.67 bits per heavy atom. The van der Waals surface area contributed by atoms with Crippen molar-refractivity contribution in [2.45, 2.75) is 38.3 Å². The van der Waals surface area contributed by atoms with Crippen molar-refractivity contribution in [1.82, 2.24) is 24.6 Å². The van der Waals surface area contributed by atoms with Crippen LogP contribution in [0.1, 0.15) is 28.8 Å². The number of hydrogen-bond acceptors (Lipinski definition) is 7. The lowest BCUT2D eigenvalue weighted by atomic mass is 10.2. The molecular formula is C20H22F2N6OS. The van der Waals surface area contributed by atoms with Crippen molar-refractivity contribution < 1.29 is 8.78 Å². The second-order valence-corrected chi connectivity index (χ2v) is 8.96. The number of nitrogens with zero attached hydrogens (tertiary/aromatic N) is 6. The highest BCUT2D eigenvalue weighted by Crippen LogP contribution is 2.41. The van der Waals surface area contributed by atoms with Gasteiger partial charge in [0.2, 0.25) is 0 Å². The predicted octanol–water partition coefficient (Wildman–Crippen LogP) is 2.71. The molecule has 0 atom stereocenters. The Balaban J connectivity index is 1.24. The summed E-state index contributed by atoms with van der Waals surface area (Å²) in [5.74, 6) is 0.647. The normalized spacial score (nSPS) is 17.9. The molecule has 3 aromatic rings. The van der Waals surface area contributed by atoms with Crippen LogP contribution in [-0.4, -0.2) is 57.3 Å². The van der Waals surface area contributed by atoms with Crippen molar-refractivity contribution in [3.63, 3.8) is 0 Å². The van der Waals surface area contributed by atoms with Crippen molar-refractivity contribution in [2.75, 3.05) is 31.1 Å². The summed E-state index contributed by atoms with van der Waals surface area (Å²) in [5.41, 5.74) is 1.10. The van der Waals surface area contributed by atoms with Gasteiger partial charge in [0.15, 0.2) is 0 Å². The van der Waals surface area contributed by atoms with E-state index < -0.39 is 18.5 Å². The minimum atomic E-state index is -2.59. The predicted molar refractivity (Wildman–Crippen MR) is 111 cm³/mol. The molecule has 1 aromatic carbocycles. The maximum Gasteiger partial charge on any atom is 0.261 e. The smallest absolute Gasteiger partial charge is 0.261 e. The average Bonchev–Trinajstić information content (AvgIpc) is 3.49. The molecular weight excluding hydrogens is 410 g/mol. The molecule has 10 heteroatoms. The third kappa shape index (κ3) is 4.06. The quantitative estimate of drug-likeness (QED) is 0.597. The largest absolute Gasteiger partial charge is 0.369 e. The van der Waals surface area contributed by atoms with Crippen LogP contribution in [0.25, 0.3) is 10.9 Å². The Hall–Kier alpha value is -2.46. The minimum Gasteiger partial charge on any atom is -0.369 e. The van der Waals surface area contributed by atoms with Gasteiger partial charge in [-0.3, -0.25) is 14.3 Å². The zero-order valence-corrected chi connectivity index (χ0v) is 17.2. The first kappa shape index (κ1) is 19.5. The number of aromatic nitrogens is 4. The first-order chi connectivity index (χ1) is 14.6. The van der Waals surface area contributed by atoms with E-state index in [4.69, 9.17) is 0 Å². The van der Waals surface area contributed by atoms with E-state index in [1.807, 2.05) is 12.1 Å². The molecule has 7 nitrogen and oxygen atoms in total. The Kier molecular flexibility index (Phi) is 5.20. The number of hydrogen-bond donors (Lipinski definition) is 0. The summed E-state index contributed by atoms with van der Waals surface area (Å²) in [6.45, 7) is 3.76. The fourth-order valence-corrected chi connectivity index (χ4v) is 4.86. The fourth-order valence-electron chi connectivity index (χ4n) is 3.80. The molecule has 1 aliphatic heterocycles. The Morgan fingerprint density at radius 1 is 1.13 bits per heavy atom. The summed E-state index contributed by atoms with van der Waals surface area (Å²) in [5, 5.41) is 11.3. The minimum absolute atomic E-state index is 0.364. The van der Waals surface area contributed by atoms with Crippen LogP contribution in [-0.2, 0) is 13.1 Å². The first-order valence-electron chi connectivity index (χ1n) is 10.1. The van der Waals surface area contributed by atoms with E-state index >= 15 is 0 Å². The van der Waals surface area contributed by atoms with Gasteiger partial charge in [-0.15, -0.1) is 10.2 Å². The summed E-state index contributed by atoms with van der Waals surface area (Å²) in [6.07, 6.45) is 1.11. The molecule has 1 aliphatic carbocycles. The number of halogens is 2. The number of piperazine rings is 1. The van der Waals surface area contributed by atoms with Gasteiger partial charge in [-0.1, -0.05) is 11.3 Å². The van der Waals surface area contributed by atoms with Gasteiger partial charge in [-0.25, -0.2) is 13.8 Å². The van der Waals surface area contributed by atoms with Crippen molar-refractivity contribution in [2.24, 2.45) is 0 Å². The second kappa shape index (κ2) is 7.99. The van der Waals surface area contributed by atoms with Crippen LogP contribution < -0.4 is 10.5 Å². The van der Waals surface area contributed by atoms with Crippen LogP contribution >= 0.6 is 11.3 Å². The molecule has 0 bridgehead atoms. The van der Waals surface area contributed by atoms with E-state index in [0.29, 0.717) is 16.8 Å². The highest BCUT2D eigenvalue weighted by atomic mass is 32.1. The summed E-state index contributed by atoms with van der Waals surface area (Å²) in [7, 11) is 0. The van der Waals surface area contributed by atoms with E-state index in [9.17, 15) is 13.6 Å². The third-order valence-electron chi connectivity index (χ3n) is 5.65. The zero-order chi connectivity index (χ0) is 20.7. The molecule has 2 aliphatic rings. The molecule has 158 valence electrons. The molecule has 0 unspecified atom stereocenters. The highest BCUT2D eigenvalue weighted by Gasteiger charge is 2.28. The van der Waals surface area contributed by atoms with Crippen LogP contribution in [0, 0.1) is 0 Å². The van der Waals surface area contributed by atoms with Crippen molar-refractivity contribution in [3.8, 4) is 0 Å². The summed E-state index contributed by atoms with van der Waals surface area (Å²) >= 11 is 1.74. The topological polar surface area (TPSA) is 67.2 Å². The van der Waals surface area contributed by atoms with Gasteiger partial charge in [0.05, 0.1) is 30.3 Å². The Bertz CT molecular complexity index is 1100. The SMILES string of the molecule is O=c1c2ccc(N3CCN(Cc4nnc(C5CC5)s4)CC3)cc2ncn1CC(F)F. The van der Waals surface area contributed by atoms with E-state index in [-0.39, 0.29) is 0 Å². The molecule has 2 aromatic heterocycles. The van der Waals surface area contributed by atoms with Gasteiger partial charge in [0.25, 0.3) is 12.0 Å². The van der Waals surface area contributed by atoms with Crippen LogP contribution in [0.2, 0.25) is 0 Å². The summed E-state index contributed by atoms with van der Waals surface area (Å²) in [4.78, 5) is 21.2. The zero-order valence-electron chi connectivity index (χ0n) is 16.4. The number of anilines is 1. The number of alkyl halides is 2. The highest BCUT2D eigenvalue weighted by molar-refractivity contribution is 7.11. The summed E-state index contributed by atoms with van der Waals surface area (Å²) in [6, 6.07) is 5.43. The van der Waals surface area contributed by atoms with Gasteiger partial charge in [-0.05, 0) is 31.0 Å². The molecule has 0 N–H and O–H groups in total. The van der Waals surface area contributed by atoms with Crippen LogP contribution in [0.5, 0.6) is 0 Å². The van der Waals surface area contributed by atoms with Crippen molar-refractivity contribution in [1.29, 1.82) is 0 Å². The van der Waals surface area contributed by atoms with Crippen molar-refractivity contribution >= 4 is 27.9 Å². The lowest BCUT2D eigenvalue weighted by Crippen LogP contribution is -2.46. The molecule has 30 heavy (non-hydrogen) atoms. The van der Waals surface area contributed by atoms with E-state index in [1.165, 1.54) is 24.2 Å². The molecule has 3 heterocycles. The molecule has 1 saturated heterocycles. The van der Waals surface area contributed by atoms with Crippen LogP contribution in [0.4, 0.5) is 14.5 Å². The molecule has 0 spiro atoms. The Morgan fingerprint density at radius 2 is 1.93 bits per heavy atom. The van der Waals surface area contributed by atoms with E-state index in [2.05, 4.69) is 25.0 Å². The molecule has 1 saturated carbocycles. The lowest BCUT2D eigenvalue weighted by Gasteiger charge is -2.35. The van der Waals surface area contributed by atoms with Crippen LogP contribution in [0.3, 0.4) is 0 Å². The second-order valence-electron chi connectivity index (χ2n) is 7.87.